The van der Waals surface area contributed by atoms with E-state index in [-0.39, 0.29) is 17.6 Å². The van der Waals surface area contributed by atoms with Gasteiger partial charge in [-0.25, -0.2) is 9.78 Å². The van der Waals surface area contributed by atoms with Crippen molar-refractivity contribution >= 4 is 11.9 Å². The monoisotopic (exact) mass is 254 g/mol. The lowest BCUT2D eigenvalue weighted by molar-refractivity contribution is -0.121. The fourth-order valence-electron chi connectivity index (χ4n) is 1.37. The van der Waals surface area contributed by atoms with Crippen molar-refractivity contribution in [2.24, 2.45) is 5.73 Å². The Morgan fingerprint density at radius 3 is 2.89 bits per heavy atom. The zero-order valence-corrected chi connectivity index (χ0v) is 10.3. The Labute approximate surface area is 105 Å². The zero-order chi connectivity index (χ0) is 13.5. The van der Waals surface area contributed by atoms with Crippen molar-refractivity contribution in [3.05, 3.63) is 18.2 Å². The summed E-state index contributed by atoms with van der Waals surface area (Å²) in [6, 6.07) is -0.114. The molecule has 100 valence electrons. The number of carboxylic acid groups (broad SMARTS) is 1. The van der Waals surface area contributed by atoms with Gasteiger partial charge in [0.2, 0.25) is 5.91 Å². The van der Waals surface area contributed by atoms with Crippen LogP contribution >= 0.6 is 0 Å². The van der Waals surface area contributed by atoms with Crippen LogP contribution in [0.5, 0.6) is 0 Å². The molecule has 4 N–H and O–H groups in total. The number of rotatable bonds is 7. The number of nitrogens with two attached hydrogens (primary N) is 1. The second-order valence-corrected chi connectivity index (χ2v) is 4.02. The molecule has 1 heterocycles. The highest BCUT2D eigenvalue weighted by Gasteiger charge is 2.08. The molecule has 1 amide bonds. The molecule has 1 atom stereocenters. The number of nitrogens with one attached hydrogen (secondary N) is 1. The van der Waals surface area contributed by atoms with E-state index in [0.29, 0.717) is 19.5 Å². The Morgan fingerprint density at radius 1 is 1.61 bits per heavy atom. The average molecular weight is 254 g/mol. The zero-order valence-electron chi connectivity index (χ0n) is 10.3. The van der Waals surface area contributed by atoms with Gasteiger partial charge in [-0.05, 0) is 6.42 Å². The van der Waals surface area contributed by atoms with Gasteiger partial charge >= 0.3 is 5.97 Å². The number of carbonyl (C=O) groups is 2. The van der Waals surface area contributed by atoms with E-state index in [0.717, 1.165) is 6.42 Å². The van der Waals surface area contributed by atoms with Gasteiger partial charge in [-0.1, -0.05) is 6.92 Å². The molecule has 0 aliphatic heterocycles. The van der Waals surface area contributed by atoms with Crippen molar-refractivity contribution in [1.29, 1.82) is 0 Å². The van der Waals surface area contributed by atoms with Gasteiger partial charge in [-0.3, -0.25) is 4.79 Å². The first-order valence-electron chi connectivity index (χ1n) is 5.80. The highest BCUT2D eigenvalue weighted by Crippen LogP contribution is 1.96. The minimum Gasteiger partial charge on any atom is -0.476 e. The number of hydrogen-bond acceptors (Lipinski definition) is 4. The lowest BCUT2D eigenvalue weighted by Gasteiger charge is -2.09. The Balaban J connectivity index is 2.28. The van der Waals surface area contributed by atoms with Gasteiger partial charge in [0.25, 0.3) is 0 Å². The van der Waals surface area contributed by atoms with Crippen molar-refractivity contribution in [1.82, 2.24) is 14.9 Å². The number of hydrogen-bond donors (Lipinski definition) is 3. The molecule has 0 spiro atoms. The Bertz CT molecular complexity index is 416. The fraction of sp³-hybridized carbons (Fsp3) is 0.545. The summed E-state index contributed by atoms with van der Waals surface area (Å²) in [5.74, 6) is -1.16. The molecule has 0 aliphatic rings. The lowest BCUT2D eigenvalue weighted by Crippen LogP contribution is -2.32. The highest BCUT2D eigenvalue weighted by atomic mass is 16.4. The van der Waals surface area contributed by atoms with E-state index in [2.05, 4.69) is 10.3 Å². The van der Waals surface area contributed by atoms with Gasteiger partial charge in [0, 0.05) is 31.7 Å². The van der Waals surface area contributed by atoms with E-state index in [1.807, 2.05) is 6.92 Å². The molecule has 0 bridgehead atoms. The minimum absolute atomic E-state index is 0.00525. The molecule has 1 rings (SSSR count). The summed E-state index contributed by atoms with van der Waals surface area (Å²) >= 11 is 0. The molecule has 0 saturated heterocycles. The third-order valence-corrected chi connectivity index (χ3v) is 2.52. The summed E-state index contributed by atoms with van der Waals surface area (Å²) in [6.07, 6.45) is 3.91. The topological polar surface area (TPSA) is 110 Å². The maximum atomic E-state index is 11.4. The second kappa shape index (κ2) is 6.75. The standard InChI is InChI=1S/C11H18N4O3/c1-2-8(12)5-10(16)13-3-4-15-6-9(11(17)18)14-7-15/h6-8H,2-5,12H2,1H3,(H,13,16)(H,17,18). The SMILES string of the molecule is CCC(N)CC(=O)NCCn1cnc(C(=O)O)c1. The van der Waals surface area contributed by atoms with Crippen LogP contribution in [-0.4, -0.2) is 39.1 Å². The number of carbonyl (C=O) groups excluding carboxylic acids is 1. The van der Waals surface area contributed by atoms with Crippen LogP contribution in [0.1, 0.15) is 30.3 Å². The molecule has 1 aromatic rings. The minimum atomic E-state index is -1.06. The van der Waals surface area contributed by atoms with Crippen molar-refractivity contribution in [3.8, 4) is 0 Å². The van der Waals surface area contributed by atoms with Crippen LogP contribution < -0.4 is 11.1 Å². The van der Waals surface area contributed by atoms with Crippen molar-refractivity contribution in [2.45, 2.75) is 32.4 Å². The largest absolute Gasteiger partial charge is 0.476 e. The molecule has 0 saturated carbocycles. The fourth-order valence-corrected chi connectivity index (χ4v) is 1.37. The van der Waals surface area contributed by atoms with Crippen molar-refractivity contribution < 1.29 is 14.7 Å². The summed E-state index contributed by atoms with van der Waals surface area (Å²) < 4.78 is 1.61. The summed E-state index contributed by atoms with van der Waals surface area (Å²) in [7, 11) is 0. The van der Waals surface area contributed by atoms with Gasteiger partial charge in [0.05, 0.1) is 6.33 Å². The van der Waals surface area contributed by atoms with Crippen molar-refractivity contribution in [3.63, 3.8) is 0 Å². The number of amides is 1. The molecule has 0 aliphatic carbocycles. The number of carboxylic acids is 1. The van der Waals surface area contributed by atoms with Crippen LogP contribution in [-0.2, 0) is 11.3 Å². The van der Waals surface area contributed by atoms with Crippen LogP contribution in [0.25, 0.3) is 0 Å². The van der Waals surface area contributed by atoms with Crippen LogP contribution in [0, 0.1) is 0 Å². The predicted octanol–water partition coefficient (Wildman–Crippen LogP) is -0.175. The van der Waals surface area contributed by atoms with E-state index in [1.165, 1.54) is 12.5 Å². The van der Waals surface area contributed by atoms with Crippen LogP contribution in [0.4, 0.5) is 0 Å². The summed E-state index contributed by atoms with van der Waals surface area (Å²) in [4.78, 5) is 25.7. The molecule has 7 nitrogen and oxygen atoms in total. The number of imidazole rings is 1. The molecule has 1 unspecified atom stereocenters. The van der Waals surface area contributed by atoms with Crippen LogP contribution in [0.2, 0.25) is 0 Å². The summed E-state index contributed by atoms with van der Waals surface area (Å²) in [5, 5.41) is 11.4. The normalized spacial score (nSPS) is 12.1. The van der Waals surface area contributed by atoms with Gasteiger partial charge in [-0.2, -0.15) is 0 Å². The Hall–Kier alpha value is -1.89. The predicted molar refractivity (Wildman–Crippen MR) is 65.1 cm³/mol. The Kier molecular flexibility index (Phi) is 5.31. The third-order valence-electron chi connectivity index (χ3n) is 2.52. The third kappa shape index (κ3) is 4.54. The van der Waals surface area contributed by atoms with Crippen LogP contribution in [0.15, 0.2) is 12.5 Å². The van der Waals surface area contributed by atoms with E-state index >= 15 is 0 Å². The molecule has 0 fully saturated rings. The maximum absolute atomic E-state index is 11.4. The van der Waals surface area contributed by atoms with E-state index in [1.54, 1.807) is 4.57 Å². The van der Waals surface area contributed by atoms with E-state index in [4.69, 9.17) is 10.8 Å². The first kappa shape index (κ1) is 14.2. The molecule has 18 heavy (non-hydrogen) atoms. The van der Waals surface area contributed by atoms with Gasteiger partial charge < -0.3 is 20.7 Å². The molecule has 7 heteroatoms. The molecule has 0 aromatic carbocycles. The van der Waals surface area contributed by atoms with Gasteiger partial charge in [0.1, 0.15) is 0 Å². The summed E-state index contributed by atoms with van der Waals surface area (Å²) in [5.41, 5.74) is 5.65. The first-order chi connectivity index (χ1) is 8.52. The lowest BCUT2D eigenvalue weighted by atomic mass is 10.1. The molecular formula is C11H18N4O3. The van der Waals surface area contributed by atoms with Gasteiger partial charge in [0.15, 0.2) is 5.69 Å². The van der Waals surface area contributed by atoms with Crippen LogP contribution in [0.3, 0.4) is 0 Å². The quantitative estimate of drug-likeness (QED) is 0.625. The smallest absolute Gasteiger partial charge is 0.356 e. The number of nitrogens with zero attached hydrogens (tertiary/aromatic N) is 2. The van der Waals surface area contributed by atoms with E-state index < -0.39 is 5.97 Å². The van der Waals surface area contributed by atoms with Gasteiger partial charge in [-0.15, -0.1) is 0 Å². The molecule has 0 radical (unpaired) electrons. The highest BCUT2D eigenvalue weighted by molar-refractivity contribution is 5.84. The molecule has 1 aromatic heterocycles. The number of aromatic carboxylic acids is 1. The second-order valence-electron chi connectivity index (χ2n) is 4.02. The number of aromatic nitrogens is 2. The first-order valence-corrected chi connectivity index (χ1v) is 5.80. The summed E-state index contributed by atoms with van der Waals surface area (Å²) in [6.45, 7) is 2.83. The van der Waals surface area contributed by atoms with E-state index in [9.17, 15) is 9.59 Å². The maximum Gasteiger partial charge on any atom is 0.356 e. The Morgan fingerprint density at radius 2 is 2.33 bits per heavy atom. The molecular weight excluding hydrogens is 236 g/mol. The van der Waals surface area contributed by atoms with Crippen molar-refractivity contribution in [2.75, 3.05) is 6.54 Å². The average Bonchev–Trinajstić information content (AvgIpc) is 2.77.